The van der Waals surface area contributed by atoms with E-state index in [-0.39, 0.29) is 5.91 Å². The fraction of sp³-hybridized carbons (Fsp3) is 0.348. The second kappa shape index (κ2) is 8.51. The third-order valence-electron chi connectivity index (χ3n) is 5.71. The summed E-state index contributed by atoms with van der Waals surface area (Å²) in [4.78, 5) is 14.7. The summed E-state index contributed by atoms with van der Waals surface area (Å²) in [5, 5.41) is 1.25. The van der Waals surface area contributed by atoms with Crippen molar-refractivity contribution in [3.8, 4) is 0 Å². The predicted molar refractivity (Wildman–Crippen MR) is 115 cm³/mol. The number of aryl methyl sites for hydroxylation is 2. The molecule has 2 aromatic carbocycles. The molecule has 4 rings (SSSR count). The van der Waals surface area contributed by atoms with E-state index >= 15 is 0 Å². The average molecular weight is 411 g/mol. The third-order valence-corrected chi connectivity index (χ3v) is 7.28. The van der Waals surface area contributed by atoms with E-state index in [0.717, 1.165) is 18.4 Å². The van der Waals surface area contributed by atoms with E-state index in [2.05, 4.69) is 6.07 Å². The molecule has 5 nitrogen and oxygen atoms in total. The number of amides is 1. The first kappa shape index (κ1) is 19.9. The van der Waals surface area contributed by atoms with E-state index in [0.29, 0.717) is 31.7 Å². The van der Waals surface area contributed by atoms with Gasteiger partial charge in [0.25, 0.3) is 5.91 Å². The summed E-state index contributed by atoms with van der Waals surface area (Å²) in [5.41, 5.74) is 4.20. The fourth-order valence-electron chi connectivity index (χ4n) is 4.01. The van der Waals surface area contributed by atoms with Gasteiger partial charge in [0, 0.05) is 37.2 Å². The molecule has 0 radical (unpaired) electrons. The number of rotatable bonds is 4. The first-order valence-electron chi connectivity index (χ1n) is 10.2. The molecule has 0 N–H and O–H groups in total. The molecule has 0 atom stereocenters. The van der Waals surface area contributed by atoms with Crippen molar-refractivity contribution >= 4 is 22.0 Å². The van der Waals surface area contributed by atoms with Crippen molar-refractivity contribution < 1.29 is 13.2 Å². The van der Waals surface area contributed by atoms with Crippen LogP contribution in [0.3, 0.4) is 0 Å². The van der Waals surface area contributed by atoms with Gasteiger partial charge in [-0.15, -0.1) is 0 Å². The average Bonchev–Trinajstić information content (AvgIpc) is 2.78. The van der Waals surface area contributed by atoms with Gasteiger partial charge in [0.05, 0.1) is 0 Å². The SMILES string of the molecule is O=C(c1ccc2c(c1)CCCC2)N1CCN(S(=O)(=O)/C=C/c2ccccc2)CC1. The summed E-state index contributed by atoms with van der Waals surface area (Å²) >= 11 is 0. The van der Waals surface area contributed by atoms with E-state index < -0.39 is 10.0 Å². The topological polar surface area (TPSA) is 57.7 Å². The Kier molecular flexibility index (Phi) is 5.83. The van der Waals surface area contributed by atoms with Gasteiger partial charge < -0.3 is 4.90 Å². The van der Waals surface area contributed by atoms with Gasteiger partial charge in [0.1, 0.15) is 0 Å². The molecule has 1 aliphatic heterocycles. The monoisotopic (exact) mass is 410 g/mol. The molecule has 1 amide bonds. The van der Waals surface area contributed by atoms with Crippen LogP contribution in [0.4, 0.5) is 0 Å². The smallest absolute Gasteiger partial charge is 0.253 e. The minimum absolute atomic E-state index is 0.00440. The molecule has 29 heavy (non-hydrogen) atoms. The molecule has 0 aromatic heterocycles. The zero-order valence-electron chi connectivity index (χ0n) is 16.5. The number of hydrogen-bond donors (Lipinski definition) is 0. The third kappa shape index (κ3) is 4.60. The zero-order chi connectivity index (χ0) is 20.3. The molecular formula is C23H26N2O3S. The highest BCUT2D eigenvalue weighted by Gasteiger charge is 2.28. The van der Waals surface area contributed by atoms with Crippen LogP contribution in [0.5, 0.6) is 0 Å². The Morgan fingerprint density at radius 1 is 0.862 bits per heavy atom. The van der Waals surface area contributed by atoms with Gasteiger partial charge in [-0.2, -0.15) is 4.31 Å². The van der Waals surface area contributed by atoms with Crippen molar-refractivity contribution in [2.45, 2.75) is 25.7 Å². The Labute approximate surface area is 172 Å². The number of benzene rings is 2. The minimum Gasteiger partial charge on any atom is -0.336 e. The first-order valence-corrected chi connectivity index (χ1v) is 11.7. The van der Waals surface area contributed by atoms with Gasteiger partial charge in [-0.05, 0) is 60.6 Å². The summed E-state index contributed by atoms with van der Waals surface area (Å²) < 4.78 is 26.7. The fourth-order valence-corrected chi connectivity index (χ4v) is 5.18. The predicted octanol–water partition coefficient (Wildman–Crippen LogP) is 3.32. The van der Waals surface area contributed by atoms with Crippen LogP contribution in [0.1, 0.15) is 39.9 Å². The molecule has 2 aromatic rings. The van der Waals surface area contributed by atoms with Crippen molar-refractivity contribution in [2.24, 2.45) is 0 Å². The molecule has 0 unspecified atom stereocenters. The first-order chi connectivity index (χ1) is 14.0. The Balaban J connectivity index is 1.38. The molecule has 152 valence electrons. The Morgan fingerprint density at radius 3 is 2.28 bits per heavy atom. The van der Waals surface area contributed by atoms with Crippen LogP contribution < -0.4 is 0 Å². The molecule has 1 aliphatic carbocycles. The van der Waals surface area contributed by atoms with Crippen molar-refractivity contribution in [1.82, 2.24) is 9.21 Å². The van der Waals surface area contributed by atoms with Gasteiger partial charge in [-0.25, -0.2) is 8.42 Å². The Morgan fingerprint density at radius 2 is 1.55 bits per heavy atom. The summed E-state index contributed by atoms with van der Waals surface area (Å²) in [6.07, 6.45) is 6.14. The molecule has 0 saturated carbocycles. The normalized spacial score (nSPS) is 18.0. The summed E-state index contributed by atoms with van der Waals surface area (Å²) in [6, 6.07) is 15.4. The summed E-state index contributed by atoms with van der Waals surface area (Å²) in [6.45, 7) is 1.46. The molecule has 1 fully saturated rings. The summed E-state index contributed by atoms with van der Waals surface area (Å²) in [7, 11) is -3.49. The largest absolute Gasteiger partial charge is 0.336 e. The lowest BCUT2D eigenvalue weighted by Crippen LogP contribution is -2.50. The van der Waals surface area contributed by atoms with Crippen LogP contribution >= 0.6 is 0 Å². The number of nitrogens with zero attached hydrogens (tertiary/aromatic N) is 2. The van der Waals surface area contributed by atoms with Gasteiger partial charge in [0.2, 0.25) is 10.0 Å². The van der Waals surface area contributed by atoms with Gasteiger partial charge >= 0.3 is 0 Å². The van der Waals surface area contributed by atoms with Crippen molar-refractivity contribution in [2.75, 3.05) is 26.2 Å². The Hall–Kier alpha value is -2.44. The lowest BCUT2D eigenvalue weighted by molar-refractivity contribution is 0.0698. The number of carbonyl (C=O) groups is 1. The highest BCUT2D eigenvalue weighted by molar-refractivity contribution is 7.92. The second-order valence-electron chi connectivity index (χ2n) is 7.64. The van der Waals surface area contributed by atoms with Crippen LogP contribution in [-0.4, -0.2) is 49.7 Å². The molecular weight excluding hydrogens is 384 g/mol. The maximum absolute atomic E-state index is 12.9. The lowest BCUT2D eigenvalue weighted by atomic mass is 9.90. The van der Waals surface area contributed by atoms with E-state index in [1.165, 1.54) is 33.7 Å². The molecule has 1 saturated heterocycles. The van der Waals surface area contributed by atoms with Crippen LogP contribution in [0, 0.1) is 0 Å². The quantitative estimate of drug-likeness (QED) is 0.777. The molecule has 6 heteroatoms. The van der Waals surface area contributed by atoms with Crippen LogP contribution in [0.25, 0.3) is 6.08 Å². The molecule has 0 bridgehead atoms. The van der Waals surface area contributed by atoms with Crippen molar-refractivity contribution in [3.05, 3.63) is 76.2 Å². The highest BCUT2D eigenvalue weighted by Crippen LogP contribution is 2.23. The van der Waals surface area contributed by atoms with Crippen molar-refractivity contribution in [1.29, 1.82) is 0 Å². The van der Waals surface area contributed by atoms with E-state index in [9.17, 15) is 13.2 Å². The van der Waals surface area contributed by atoms with E-state index in [1.807, 2.05) is 42.5 Å². The van der Waals surface area contributed by atoms with Crippen LogP contribution in [0.2, 0.25) is 0 Å². The number of hydrogen-bond acceptors (Lipinski definition) is 3. The van der Waals surface area contributed by atoms with E-state index in [1.54, 1.807) is 11.0 Å². The standard InChI is InChI=1S/C23H26N2O3S/c26-23(22-11-10-20-8-4-5-9-21(20)18-22)24-13-15-25(16-14-24)29(27,28)17-12-19-6-2-1-3-7-19/h1-3,6-7,10-12,17-18H,4-5,8-9,13-16H2/b17-12+. The number of fused-ring (bicyclic) bond motifs is 1. The Bertz CT molecular complexity index is 1010. The lowest BCUT2D eigenvalue weighted by Gasteiger charge is -2.33. The van der Waals surface area contributed by atoms with Crippen LogP contribution in [0.15, 0.2) is 53.9 Å². The number of carbonyl (C=O) groups excluding carboxylic acids is 1. The minimum atomic E-state index is -3.49. The van der Waals surface area contributed by atoms with E-state index in [4.69, 9.17) is 0 Å². The highest BCUT2D eigenvalue weighted by atomic mass is 32.2. The van der Waals surface area contributed by atoms with Gasteiger partial charge in [0.15, 0.2) is 0 Å². The maximum Gasteiger partial charge on any atom is 0.253 e. The summed E-state index contributed by atoms with van der Waals surface area (Å²) in [5.74, 6) is -0.00440. The maximum atomic E-state index is 12.9. The van der Waals surface area contributed by atoms with Crippen molar-refractivity contribution in [3.63, 3.8) is 0 Å². The zero-order valence-corrected chi connectivity index (χ0v) is 17.3. The molecule has 1 heterocycles. The van der Waals surface area contributed by atoms with Crippen LogP contribution in [-0.2, 0) is 22.9 Å². The molecule has 0 spiro atoms. The number of piperazine rings is 1. The molecule has 2 aliphatic rings. The van der Waals surface area contributed by atoms with Gasteiger partial charge in [-0.3, -0.25) is 4.79 Å². The second-order valence-corrected chi connectivity index (χ2v) is 9.46. The van der Waals surface area contributed by atoms with Gasteiger partial charge in [-0.1, -0.05) is 36.4 Å². The number of sulfonamides is 1.